The molecule has 87 heavy (non-hydrogen) atoms. The number of unbranched alkanes of at least 4 members (excludes halogenated alkanes) is 5. The van der Waals surface area contributed by atoms with Crippen molar-refractivity contribution in [2.24, 2.45) is 0 Å². The molecule has 0 radical (unpaired) electrons. The minimum atomic E-state index is -5.76. The number of hydrogen-bond donors (Lipinski definition) is 10. The van der Waals surface area contributed by atoms with Crippen LogP contribution in [-0.2, 0) is 82.2 Å². The maximum Gasteiger partial charge on any atom is 0.489 e. The zero-order valence-corrected chi connectivity index (χ0v) is 51.5. The molecule has 11 N–H and O–H groups in total. The number of carbonyl (C=O) groups is 1. The number of nitrogen functional groups attached to an aromatic ring is 1. The third kappa shape index (κ3) is 13.8. The fraction of sp³-hybridized carbons (Fsp3) is 0.528. The van der Waals surface area contributed by atoms with Crippen molar-refractivity contribution in [3.8, 4) is 11.5 Å². The van der Waals surface area contributed by atoms with Crippen LogP contribution in [0.25, 0.3) is 16.7 Å². The first-order valence-corrected chi connectivity index (χ1v) is 36.4. The number of benzene rings is 3. The predicted octanol–water partition coefficient (Wildman–Crippen LogP) is 2.87. The van der Waals surface area contributed by atoms with Gasteiger partial charge in [0.15, 0.2) is 17.7 Å². The molecule has 1 saturated heterocycles. The predicted molar refractivity (Wildman–Crippen MR) is 313 cm³/mol. The summed E-state index contributed by atoms with van der Waals surface area (Å²) in [6.07, 6.45) is 6.50. The second-order valence-corrected chi connectivity index (χ2v) is 30.4. The van der Waals surface area contributed by atoms with Crippen molar-refractivity contribution in [1.29, 1.82) is 0 Å². The number of anilines is 2. The van der Waals surface area contributed by atoms with Gasteiger partial charge in [0.05, 0.1) is 28.3 Å². The molecule has 3 aromatic carbocycles. The summed E-state index contributed by atoms with van der Waals surface area (Å²) in [7, 11) is -25.7. The van der Waals surface area contributed by atoms with Crippen LogP contribution in [0, 0.1) is 0 Å². The molecule has 8 heterocycles. The molecule has 1 fully saturated rings. The molecule has 0 bridgehead atoms. The number of aryl methyl sites for hydroxylation is 2. The van der Waals surface area contributed by atoms with E-state index in [-0.39, 0.29) is 59.3 Å². The SMILES string of the molecule is Nc1ncnc2c1ncn2[C@@H]1O[C@H](COP(=O)(O)OP(=O)(O)OP(=O)(O)NCCCCCCNC(=O)CCCCCNS(=O)(=O)c2cc(S(=O)(=O)O)ccc2C2=c3cc4c5c(c3Oc3c2cc2c6c3CCCN6CCC2)CCC[N+]=5CCC4)[C@@H](O)[C@H]1O. The highest BCUT2D eigenvalue weighted by atomic mass is 32.2. The highest BCUT2D eigenvalue weighted by Gasteiger charge is 2.47. The number of amides is 1. The molecule has 11 rings (SSSR count). The van der Waals surface area contributed by atoms with Gasteiger partial charge in [0.25, 0.3) is 10.1 Å². The lowest BCUT2D eigenvalue weighted by Gasteiger charge is -2.39. The highest BCUT2D eigenvalue weighted by molar-refractivity contribution is 7.89. The quantitative estimate of drug-likeness (QED) is 0.0161. The van der Waals surface area contributed by atoms with Crippen LogP contribution in [0.1, 0.15) is 117 Å². The number of nitrogens with zero attached hydrogens (tertiary/aromatic N) is 6. The van der Waals surface area contributed by atoms with Gasteiger partial charge in [-0.1, -0.05) is 25.3 Å². The van der Waals surface area contributed by atoms with E-state index in [0.29, 0.717) is 62.1 Å². The standard InChI is InChI=1S/C53H69N10O19P3S2/c54-51-44-52(57-30-56-51)63(31-58-44)53-48(66)47(65)40(79-53)29-78-84(69,70)82-85(71,72)81-83(67,68)59-20-6-2-1-5-19-55-42(64)16-4-3-7-21-60-86(73,74)41-28-34(87(75,76)77)17-18-35(41)43-38-26-32-12-8-22-61-24-10-14-36(45(32)61)49(38)80-50-37-15-11-25-62-23-9-13-33(46(37)62)27-39(43)50/h17-18,26-28,30-31,40,47-48,53,60,65-66H,1-16,19-25,29H2,(H7-,54,55,56,57,59,64,67,68,69,70,71,72,75,76,77)/p+1/t40-,47-,48-,53-/m1/s1. The van der Waals surface area contributed by atoms with Gasteiger partial charge in [-0.05, 0) is 94.0 Å². The summed E-state index contributed by atoms with van der Waals surface area (Å²) < 4.78 is 135. The summed E-state index contributed by atoms with van der Waals surface area (Å²) in [6.45, 7) is 2.88. The Morgan fingerprint density at radius 1 is 0.782 bits per heavy atom. The fourth-order valence-corrected chi connectivity index (χ4v) is 18.2. The van der Waals surface area contributed by atoms with Gasteiger partial charge in [-0.25, -0.2) is 51.4 Å². The number of phosphoric ester groups is 1. The number of nitrogens with two attached hydrogens (primary N) is 1. The highest BCUT2D eigenvalue weighted by Crippen LogP contribution is 2.66. The molecule has 472 valence electrons. The molecule has 5 aromatic rings. The number of sulfonamides is 1. The van der Waals surface area contributed by atoms with Crippen molar-refractivity contribution in [1.82, 2.24) is 39.2 Å². The number of aromatic nitrogens is 4. The summed E-state index contributed by atoms with van der Waals surface area (Å²) in [4.78, 5) is 56.5. The number of rotatable bonds is 26. The van der Waals surface area contributed by atoms with E-state index < -0.39 is 79.6 Å². The summed E-state index contributed by atoms with van der Waals surface area (Å²) >= 11 is 0. The molecule has 1 amide bonds. The molecule has 34 heteroatoms. The number of phosphoric acid groups is 2. The largest absolute Gasteiger partial charge is 0.489 e. The minimum Gasteiger partial charge on any atom is -0.455 e. The third-order valence-electron chi connectivity index (χ3n) is 16.4. The lowest BCUT2D eigenvalue weighted by atomic mass is 9.82. The molecule has 6 aliphatic rings. The molecule has 0 spiro atoms. The van der Waals surface area contributed by atoms with Gasteiger partial charge in [-0.3, -0.25) is 18.4 Å². The summed E-state index contributed by atoms with van der Waals surface area (Å²) in [6, 6.07) is 8.00. The van der Waals surface area contributed by atoms with Crippen molar-refractivity contribution in [3.63, 3.8) is 0 Å². The lowest BCUT2D eigenvalue weighted by Crippen LogP contribution is -2.45. The van der Waals surface area contributed by atoms with E-state index in [2.05, 4.69) is 60.3 Å². The van der Waals surface area contributed by atoms with Crippen LogP contribution in [0.4, 0.5) is 11.5 Å². The number of hydrogen-bond acceptors (Lipinski definition) is 20. The second kappa shape index (κ2) is 25.6. The summed E-state index contributed by atoms with van der Waals surface area (Å²) in [5, 5.41) is 28.0. The van der Waals surface area contributed by atoms with E-state index in [0.717, 1.165) is 123 Å². The monoisotopic (exact) mass is 1310 g/mol. The van der Waals surface area contributed by atoms with Gasteiger partial charge in [-0.2, -0.15) is 17.0 Å². The Labute approximate surface area is 500 Å². The van der Waals surface area contributed by atoms with E-state index in [1.54, 1.807) is 0 Å². The van der Waals surface area contributed by atoms with Crippen LogP contribution in [0.5, 0.6) is 11.5 Å². The molecule has 7 atom stereocenters. The van der Waals surface area contributed by atoms with Crippen LogP contribution < -0.4 is 45.6 Å². The van der Waals surface area contributed by atoms with Crippen LogP contribution in [0.15, 0.2) is 52.8 Å². The van der Waals surface area contributed by atoms with Crippen LogP contribution >= 0.6 is 23.4 Å². The molecule has 0 aliphatic carbocycles. The van der Waals surface area contributed by atoms with Gasteiger partial charge >= 0.3 is 23.4 Å². The maximum absolute atomic E-state index is 14.6. The Morgan fingerprint density at radius 2 is 1.49 bits per heavy atom. The molecule has 29 nitrogen and oxygen atoms in total. The van der Waals surface area contributed by atoms with Crippen LogP contribution in [0.2, 0.25) is 0 Å². The smallest absolute Gasteiger partial charge is 0.455 e. The normalized spacial score (nSPS) is 21.9. The van der Waals surface area contributed by atoms with E-state index in [1.807, 2.05) is 0 Å². The molecule has 2 aromatic heterocycles. The fourth-order valence-electron chi connectivity index (χ4n) is 12.6. The first-order valence-electron chi connectivity index (χ1n) is 29.0. The number of fused-ring (bicyclic) bond motifs is 5. The lowest BCUT2D eigenvalue weighted by molar-refractivity contribution is -0.121. The number of imidazole rings is 1. The van der Waals surface area contributed by atoms with Crippen molar-refractivity contribution in [2.45, 2.75) is 137 Å². The number of aliphatic hydroxyl groups is 2. The number of ether oxygens (including phenoxy) is 2. The van der Waals surface area contributed by atoms with Gasteiger partial charge in [-0.15, -0.1) is 0 Å². The zero-order chi connectivity index (χ0) is 61.6. The topological polar surface area (TPSA) is 416 Å². The van der Waals surface area contributed by atoms with Crippen LogP contribution in [-0.4, -0.2) is 142 Å². The van der Waals surface area contributed by atoms with Gasteiger partial charge in [0.2, 0.25) is 21.3 Å². The molecule has 6 aliphatic heterocycles. The first-order chi connectivity index (χ1) is 41.4. The summed E-state index contributed by atoms with van der Waals surface area (Å²) in [5.41, 5.74) is 13.5. The molecular weight excluding hydrogens is 1240 g/mol. The first kappa shape index (κ1) is 63.4. The Kier molecular flexibility index (Phi) is 18.7. The van der Waals surface area contributed by atoms with Crippen LogP contribution in [0.3, 0.4) is 0 Å². The Bertz CT molecular complexity index is 4040. The van der Waals surface area contributed by atoms with E-state index >= 15 is 0 Å². The van der Waals surface area contributed by atoms with E-state index in [9.17, 15) is 64.8 Å². The average Bonchev–Trinajstić information content (AvgIpc) is 1.35. The van der Waals surface area contributed by atoms with E-state index in [1.165, 1.54) is 34.1 Å². The van der Waals surface area contributed by atoms with Crippen molar-refractivity contribution in [3.05, 3.63) is 86.9 Å². The Hall–Kier alpha value is -5.14. The average molecular weight is 1310 g/mol. The van der Waals surface area contributed by atoms with Gasteiger partial charge < -0.3 is 50.3 Å². The molecule has 0 saturated carbocycles. The molecule has 3 unspecified atom stereocenters. The van der Waals surface area contributed by atoms with Crippen molar-refractivity contribution >= 4 is 77.7 Å². The third-order valence-corrected chi connectivity index (χ3v) is 23.2. The maximum atomic E-state index is 14.6. The minimum absolute atomic E-state index is 0.0237. The number of aliphatic hydroxyl groups excluding tert-OH is 2. The number of carbonyl (C=O) groups excluding carboxylic acids is 1. The number of nitrogens with one attached hydrogen (secondary N) is 3. The zero-order valence-electron chi connectivity index (χ0n) is 47.2. The second-order valence-electron chi connectivity index (χ2n) is 22.4. The molecular formula is C53H70N10O19P3S2+. The van der Waals surface area contributed by atoms with Gasteiger partial charge in [0.1, 0.15) is 54.7 Å². The van der Waals surface area contributed by atoms with Crippen molar-refractivity contribution in [2.75, 3.05) is 63.1 Å². The summed E-state index contributed by atoms with van der Waals surface area (Å²) in [5.74, 6) is 1.20. The van der Waals surface area contributed by atoms with Crippen molar-refractivity contribution < 1.29 is 87.4 Å². The Morgan fingerprint density at radius 3 is 2.28 bits per heavy atom. The Balaban J connectivity index is 0.632. The van der Waals surface area contributed by atoms with E-state index in [4.69, 9.17) is 19.7 Å². The van der Waals surface area contributed by atoms with Gasteiger partial charge in [0, 0.05) is 90.7 Å².